The van der Waals surface area contributed by atoms with Gasteiger partial charge in [0.1, 0.15) is 11.9 Å². The number of carbonyl (C=O) groups is 1. The number of benzene rings is 2. The largest absolute Gasteiger partial charge is 0.416 e. The number of hydrogen-bond acceptors (Lipinski definition) is 2. The first-order valence-electron chi connectivity index (χ1n) is 8.40. The highest BCUT2D eigenvalue weighted by atomic mass is 35.5. The van der Waals surface area contributed by atoms with Gasteiger partial charge in [0.05, 0.1) is 10.6 Å². The number of halogens is 5. The molecular weight excluding hydrogens is 434 g/mol. The number of nitrogens with zero attached hydrogens (tertiary/aromatic N) is 1. The molecule has 0 radical (unpaired) electrons. The second-order valence-electron chi connectivity index (χ2n) is 6.46. The summed E-state index contributed by atoms with van der Waals surface area (Å²) in [5, 5.41) is 2.39. The zero-order chi connectivity index (χ0) is 21.3. The van der Waals surface area contributed by atoms with Crippen LogP contribution >= 0.6 is 11.6 Å². The molecule has 0 aliphatic carbocycles. The van der Waals surface area contributed by atoms with E-state index in [1.54, 1.807) is 0 Å². The molecule has 1 amide bonds. The molecule has 1 unspecified atom stereocenters. The number of carbonyl (C=O) groups excluding carboxylic acids is 1. The zero-order valence-electron chi connectivity index (χ0n) is 15.0. The summed E-state index contributed by atoms with van der Waals surface area (Å²) in [6.07, 6.45) is -4.44. The number of amides is 1. The summed E-state index contributed by atoms with van der Waals surface area (Å²) in [5.41, 5.74) is -0.317. The molecule has 2 aromatic rings. The van der Waals surface area contributed by atoms with E-state index in [0.29, 0.717) is 0 Å². The first kappa shape index (κ1) is 21.7. The second-order valence-corrected chi connectivity index (χ2v) is 8.18. The molecule has 3 atom stereocenters. The molecule has 1 saturated heterocycles. The van der Waals surface area contributed by atoms with Gasteiger partial charge in [0, 0.05) is 18.8 Å². The van der Waals surface area contributed by atoms with Crippen LogP contribution in [0.15, 0.2) is 42.5 Å². The maximum Gasteiger partial charge on any atom is 0.416 e. The van der Waals surface area contributed by atoms with Crippen molar-refractivity contribution in [3.05, 3.63) is 64.4 Å². The van der Waals surface area contributed by atoms with Crippen LogP contribution < -0.4 is 10.0 Å². The lowest BCUT2D eigenvalue weighted by molar-refractivity contribution is -0.137. The maximum atomic E-state index is 13.3. The second kappa shape index (κ2) is 8.39. The van der Waals surface area contributed by atoms with Crippen molar-refractivity contribution < 1.29 is 26.6 Å². The summed E-state index contributed by atoms with van der Waals surface area (Å²) in [6.45, 7) is 0. The average molecular weight is 450 g/mol. The Hall–Kier alpha value is -2.01. The molecule has 2 aromatic carbocycles. The van der Waals surface area contributed by atoms with Crippen molar-refractivity contribution in [3.63, 3.8) is 0 Å². The van der Waals surface area contributed by atoms with Crippen LogP contribution in [0.2, 0.25) is 5.02 Å². The Morgan fingerprint density at radius 3 is 2.66 bits per heavy atom. The monoisotopic (exact) mass is 449 g/mol. The minimum absolute atomic E-state index is 0.0737. The molecule has 11 heteroatoms. The van der Waals surface area contributed by atoms with Gasteiger partial charge in [0.15, 0.2) is 11.2 Å². The van der Waals surface area contributed by atoms with Crippen molar-refractivity contribution in [2.45, 2.75) is 24.7 Å². The third-order valence-corrected chi connectivity index (χ3v) is 6.06. The zero-order valence-corrected chi connectivity index (χ0v) is 16.5. The minimum atomic E-state index is -4.51. The molecule has 0 spiro atoms. The first-order valence-corrected chi connectivity index (χ1v) is 9.88. The Labute approximate surface area is 171 Å². The quantitative estimate of drug-likeness (QED) is 0.694. The van der Waals surface area contributed by atoms with Gasteiger partial charge in [-0.25, -0.2) is 17.6 Å². The van der Waals surface area contributed by atoms with Gasteiger partial charge in [-0.2, -0.15) is 13.2 Å². The molecular formula is C18H16ClF4N3O2S. The maximum absolute atomic E-state index is 13.3. The van der Waals surface area contributed by atoms with E-state index in [9.17, 15) is 26.6 Å². The van der Waals surface area contributed by atoms with Gasteiger partial charge in [-0.3, -0.25) is 4.79 Å². The van der Waals surface area contributed by atoms with Crippen molar-refractivity contribution in [1.29, 1.82) is 0 Å². The lowest BCUT2D eigenvalue weighted by atomic mass is 9.97. The standard InChI is InChI=1S/C18H16ClF4N3O2S/c1-26-16(17(27)24-12-5-6-14(20)13(19)8-12)9-15(25-29(26)28)10-3-2-4-11(7-10)18(21,22)23/h2-8,15-16,25H,9H2,1H3,(H,24,27)/t15-,16+,29?/m1/s1. The highest BCUT2D eigenvalue weighted by Gasteiger charge is 2.37. The Kier molecular flexibility index (Phi) is 6.27. The van der Waals surface area contributed by atoms with Gasteiger partial charge in [-0.1, -0.05) is 23.7 Å². The molecule has 0 saturated carbocycles. The lowest BCUT2D eigenvalue weighted by Gasteiger charge is -2.35. The van der Waals surface area contributed by atoms with Crippen LogP contribution in [0.1, 0.15) is 23.6 Å². The van der Waals surface area contributed by atoms with Gasteiger partial charge in [-0.15, -0.1) is 0 Å². The smallest absolute Gasteiger partial charge is 0.325 e. The predicted molar refractivity (Wildman–Crippen MR) is 102 cm³/mol. The molecule has 1 heterocycles. The number of rotatable bonds is 3. The molecule has 3 rings (SSSR count). The molecule has 1 fully saturated rings. The normalized spacial score (nSPS) is 23.0. The summed E-state index contributed by atoms with van der Waals surface area (Å²) in [5.74, 6) is -1.18. The van der Waals surface area contributed by atoms with E-state index in [2.05, 4.69) is 10.0 Å². The fraction of sp³-hybridized carbons (Fsp3) is 0.278. The Morgan fingerprint density at radius 2 is 2.00 bits per heavy atom. The van der Waals surface area contributed by atoms with Crippen LogP contribution in [-0.2, 0) is 22.1 Å². The highest BCUT2D eigenvalue weighted by molar-refractivity contribution is 7.80. The molecule has 0 bridgehead atoms. The van der Waals surface area contributed by atoms with Crippen LogP contribution in [0.25, 0.3) is 0 Å². The van der Waals surface area contributed by atoms with Crippen molar-refractivity contribution >= 4 is 34.4 Å². The SMILES string of the molecule is CN1[C@H](C(=O)Nc2ccc(F)c(Cl)c2)C[C@H](c2cccc(C(F)(F)F)c2)NS1=O. The fourth-order valence-electron chi connectivity index (χ4n) is 2.95. The molecule has 2 N–H and O–H groups in total. The van der Waals surface area contributed by atoms with E-state index in [0.717, 1.165) is 18.2 Å². The van der Waals surface area contributed by atoms with Crippen molar-refractivity contribution in [2.75, 3.05) is 12.4 Å². The Balaban J connectivity index is 1.81. The van der Waals surface area contributed by atoms with Gasteiger partial charge in [-0.05, 0) is 42.3 Å². The summed E-state index contributed by atoms with van der Waals surface area (Å²) in [6, 6.07) is 6.65. The average Bonchev–Trinajstić information content (AvgIpc) is 2.66. The summed E-state index contributed by atoms with van der Waals surface area (Å²) >= 11 is 3.90. The molecule has 29 heavy (non-hydrogen) atoms. The van der Waals surface area contributed by atoms with E-state index < -0.39 is 46.7 Å². The molecule has 156 valence electrons. The number of alkyl halides is 3. The highest BCUT2D eigenvalue weighted by Crippen LogP contribution is 2.33. The predicted octanol–water partition coefficient (Wildman–Crippen LogP) is 4.05. The fourth-order valence-corrected chi connectivity index (χ4v) is 4.18. The van der Waals surface area contributed by atoms with Gasteiger partial charge in [0.25, 0.3) is 0 Å². The van der Waals surface area contributed by atoms with E-state index in [1.807, 2.05) is 0 Å². The Bertz CT molecular complexity index is 957. The van der Waals surface area contributed by atoms with Crippen LogP contribution in [0.4, 0.5) is 23.2 Å². The van der Waals surface area contributed by atoms with Crippen LogP contribution in [0.3, 0.4) is 0 Å². The molecule has 0 aromatic heterocycles. The van der Waals surface area contributed by atoms with Gasteiger partial charge in [0.2, 0.25) is 5.91 Å². The summed E-state index contributed by atoms with van der Waals surface area (Å²) in [4.78, 5) is 12.7. The van der Waals surface area contributed by atoms with Crippen LogP contribution in [0, 0.1) is 5.82 Å². The molecule has 1 aliphatic heterocycles. The van der Waals surface area contributed by atoms with Gasteiger partial charge >= 0.3 is 6.18 Å². The topological polar surface area (TPSA) is 61.4 Å². The van der Waals surface area contributed by atoms with E-state index in [1.165, 1.54) is 35.6 Å². The number of anilines is 1. The lowest BCUT2D eigenvalue weighted by Crippen LogP contribution is -2.53. The molecule has 1 aliphatic rings. The van der Waals surface area contributed by atoms with Crippen LogP contribution in [0.5, 0.6) is 0 Å². The number of nitrogens with one attached hydrogen (secondary N) is 2. The van der Waals surface area contributed by atoms with Crippen molar-refractivity contribution in [3.8, 4) is 0 Å². The summed E-state index contributed by atoms with van der Waals surface area (Å²) in [7, 11) is 1.45. The van der Waals surface area contributed by atoms with E-state index in [4.69, 9.17) is 11.6 Å². The third-order valence-electron chi connectivity index (χ3n) is 4.51. The van der Waals surface area contributed by atoms with E-state index >= 15 is 0 Å². The minimum Gasteiger partial charge on any atom is -0.325 e. The van der Waals surface area contributed by atoms with E-state index in [-0.39, 0.29) is 22.7 Å². The Morgan fingerprint density at radius 1 is 1.28 bits per heavy atom. The van der Waals surface area contributed by atoms with Crippen molar-refractivity contribution in [1.82, 2.24) is 9.03 Å². The van der Waals surface area contributed by atoms with Crippen LogP contribution in [-0.4, -0.2) is 27.5 Å². The number of likely N-dealkylation sites (N-methyl/N-ethyl adjacent to an activating group) is 1. The molecule has 5 nitrogen and oxygen atoms in total. The number of hydrogen-bond donors (Lipinski definition) is 2. The van der Waals surface area contributed by atoms with Gasteiger partial charge < -0.3 is 5.32 Å². The third kappa shape index (κ3) is 4.95. The summed E-state index contributed by atoms with van der Waals surface area (Å²) < 4.78 is 68.6. The van der Waals surface area contributed by atoms with Crippen molar-refractivity contribution in [2.24, 2.45) is 0 Å². The first-order chi connectivity index (χ1) is 13.6.